The molecule has 1 saturated heterocycles. The summed E-state index contributed by atoms with van der Waals surface area (Å²) in [5.41, 5.74) is 3.49. The Labute approximate surface area is 196 Å². The lowest BCUT2D eigenvalue weighted by Crippen LogP contribution is -2.24. The molecule has 4 heterocycles. The van der Waals surface area contributed by atoms with Gasteiger partial charge in [0.1, 0.15) is 0 Å². The second-order valence-electron chi connectivity index (χ2n) is 9.54. The van der Waals surface area contributed by atoms with Gasteiger partial charge in [-0.05, 0) is 35.7 Å². The summed E-state index contributed by atoms with van der Waals surface area (Å²) < 4.78 is 5.20. The minimum atomic E-state index is -0.366. The summed E-state index contributed by atoms with van der Waals surface area (Å²) in [5, 5.41) is 22.0. The highest BCUT2D eigenvalue weighted by Gasteiger charge is 2.24. The second kappa shape index (κ2) is 8.86. The van der Waals surface area contributed by atoms with Crippen molar-refractivity contribution in [2.75, 3.05) is 18.4 Å². The fourth-order valence-electron chi connectivity index (χ4n) is 3.95. The van der Waals surface area contributed by atoms with Crippen LogP contribution in [0.2, 0.25) is 0 Å². The van der Waals surface area contributed by atoms with E-state index in [1.165, 1.54) is 0 Å². The van der Waals surface area contributed by atoms with Gasteiger partial charge in [0.05, 0.1) is 5.39 Å². The lowest BCUT2D eigenvalue weighted by molar-refractivity contribution is 0.0937. The number of nitrogens with one attached hydrogen (secondary N) is 4. The number of fused-ring (bicyclic) bond motifs is 1. The van der Waals surface area contributed by atoms with Crippen molar-refractivity contribution < 1.29 is 9.32 Å². The standard InChI is InChI=1S/C24H28N8O2/c1-24(2,3)23-29-21(32-34-23)22(33)27-12-14-4-6-15(7-5-14)17-9-11-26-19-18(17)20(31-30-19)28-16-8-10-25-13-16/h4-7,9,11,16,25H,8,10,12-13H2,1-3H3,(H,27,33)(H2,26,28,30,31)/t16-/m1/s1. The minimum absolute atomic E-state index is 0.0400. The maximum absolute atomic E-state index is 12.4. The average Bonchev–Trinajstić information content (AvgIpc) is 3.59. The third kappa shape index (κ3) is 4.49. The molecule has 1 fully saturated rings. The van der Waals surface area contributed by atoms with Crippen molar-refractivity contribution in [2.45, 2.75) is 45.2 Å². The van der Waals surface area contributed by atoms with Crippen LogP contribution < -0.4 is 16.0 Å². The number of aromatic nitrogens is 5. The molecule has 0 aliphatic carbocycles. The smallest absolute Gasteiger partial charge is 0.292 e. The van der Waals surface area contributed by atoms with Crippen LogP contribution in [0.1, 0.15) is 49.3 Å². The Balaban J connectivity index is 1.30. The topological polar surface area (TPSA) is 134 Å². The highest BCUT2D eigenvalue weighted by atomic mass is 16.5. The maximum atomic E-state index is 12.4. The molecule has 0 spiro atoms. The van der Waals surface area contributed by atoms with Crippen LogP contribution in [0.4, 0.5) is 5.82 Å². The van der Waals surface area contributed by atoms with Gasteiger partial charge in [0.15, 0.2) is 11.5 Å². The van der Waals surface area contributed by atoms with Gasteiger partial charge in [-0.1, -0.05) is 50.2 Å². The Morgan fingerprint density at radius 1 is 1.21 bits per heavy atom. The number of carbonyl (C=O) groups excluding carboxylic acids is 1. The van der Waals surface area contributed by atoms with Gasteiger partial charge in [0, 0.05) is 30.7 Å². The van der Waals surface area contributed by atoms with E-state index in [2.05, 4.69) is 41.3 Å². The van der Waals surface area contributed by atoms with Crippen LogP contribution >= 0.6 is 0 Å². The molecule has 10 nitrogen and oxygen atoms in total. The first-order chi connectivity index (χ1) is 16.4. The van der Waals surface area contributed by atoms with Gasteiger partial charge in [-0.25, -0.2) is 4.98 Å². The summed E-state index contributed by atoms with van der Waals surface area (Å²) in [4.78, 5) is 21.1. The Morgan fingerprint density at radius 2 is 2.03 bits per heavy atom. The number of nitrogens with zero attached hydrogens (tertiary/aromatic N) is 4. The predicted octanol–water partition coefficient (Wildman–Crippen LogP) is 3.01. The number of pyridine rings is 1. The number of anilines is 1. The first-order valence-electron chi connectivity index (χ1n) is 11.4. The summed E-state index contributed by atoms with van der Waals surface area (Å²) in [6.07, 6.45) is 2.84. The molecule has 1 atom stereocenters. The number of hydrogen-bond acceptors (Lipinski definition) is 8. The number of carbonyl (C=O) groups is 1. The summed E-state index contributed by atoms with van der Waals surface area (Å²) in [6, 6.07) is 10.4. The lowest BCUT2D eigenvalue weighted by Gasteiger charge is -2.12. The van der Waals surface area contributed by atoms with Gasteiger partial charge >= 0.3 is 0 Å². The molecule has 0 radical (unpaired) electrons. The van der Waals surface area contributed by atoms with Crippen molar-refractivity contribution in [2.24, 2.45) is 0 Å². The number of H-pyrrole nitrogens is 1. The first-order valence-corrected chi connectivity index (χ1v) is 11.4. The van der Waals surface area contributed by atoms with Crippen molar-refractivity contribution in [1.82, 2.24) is 36.0 Å². The first kappa shape index (κ1) is 22.0. The van der Waals surface area contributed by atoms with E-state index in [9.17, 15) is 4.79 Å². The van der Waals surface area contributed by atoms with Crippen molar-refractivity contribution >= 4 is 22.8 Å². The fraction of sp³-hybridized carbons (Fsp3) is 0.375. The number of rotatable bonds is 6. The summed E-state index contributed by atoms with van der Waals surface area (Å²) in [5.74, 6) is 0.925. The number of benzene rings is 1. The third-order valence-corrected chi connectivity index (χ3v) is 5.85. The van der Waals surface area contributed by atoms with Crippen LogP contribution in [0.5, 0.6) is 0 Å². The van der Waals surface area contributed by atoms with E-state index >= 15 is 0 Å². The quantitative estimate of drug-likeness (QED) is 0.345. The van der Waals surface area contributed by atoms with E-state index in [4.69, 9.17) is 4.52 Å². The molecule has 1 aromatic carbocycles. The number of amides is 1. The van der Waals surface area contributed by atoms with E-state index in [0.29, 0.717) is 18.5 Å². The zero-order valence-corrected chi connectivity index (χ0v) is 19.5. The Morgan fingerprint density at radius 3 is 2.74 bits per heavy atom. The van der Waals surface area contributed by atoms with Gasteiger partial charge in [0.2, 0.25) is 5.89 Å². The van der Waals surface area contributed by atoms with Gasteiger partial charge in [-0.2, -0.15) is 10.1 Å². The van der Waals surface area contributed by atoms with Crippen LogP contribution in [-0.2, 0) is 12.0 Å². The number of hydrogen-bond donors (Lipinski definition) is 4. The predicted molar refractivity (Wildman–Crippen MR) is 128 cm³/mol. The SMILES string of the molecule is CC(C)(C)c1nc(C(=O)NCc2ccc(-c3ccnc4[nH]nc(N[C@@H]5CCNC5)c34)cc2)no1. The molecule has 3 aromatic heterocycles. The molecule has 1 aliphatic heterocycles. The van der Waals surface area contributed by atoms with Crippen molar-refractivity contribution in [3.63, 3.8) is 0 Å². The Kier molecular flexibility index (Phi) is 5.74. The minimum Gasteiger partial charge on any atom is -0.364 e. The van der Waals surface area contributed by atoms with Gasteiger partial charge in [-0.15, -0.1) is 0 Å². The van der Waals surface area contributed by atoms with Crippen LogP contribution in [0.15, 0.2) is 41.1 Å². The molecule has 0 saturated carbocycles. The molecule has 1 amide bonds. The molecule has 10 heteroatoms. The Hall–Kier alpha value is -3.79. The highest BCUT2D eigenvalue weighted by Crippen LogP contribution is 2.32. The molecule has 0 unspecified atom stereocenters. The molecule has 4 N–H and O–H groups in total. The van der Waals surface area contributed by atoms with Gasteiger partial charge < -0.3 is 20.5 Å². The van der Waals surface area contributed by atoms with Crippen molar-refractivity contribution in [3.8, 4) is 11.1 Å². The van der Waals surface area contributed by atoms with Gasteiger partial charge in [0.25, 0.3) is 11.7 Å². The highest BCUT2D eigenvalue weighted by molar-refractivity contribution is 6.00. The molecule has 1 aliphatic rings. The molecule has 34 heavy (non-hydrogen) atoms. The summed E-state index contributed by atoms with van der Waals surface area (Å²) in [6.45, 7) is 8.15. The van der Waals surface area contributed by atoms with E-state index in [1.54, 1.807) is 6.20 Å². The van der Waals surface area contributed by atoms with Crippen molar-refractivity contribution in [1.29, 1.82) is 0 Å². The lowest BCUT2D eigenvalue weighted by atomic mass is 9.97. The molecular formula is C24H28N8O2. The van der Waals surface area contributed by atoms with Crippen LogP contribution in [0.3, 0.4) is 0 Å². The molecule has 5 rings (SSSR count). The molecule has 0 bridgehead atoms. The molecular weight excluding hydrogens is 432 g/mol. The zero-order chi connectivity index (χ0) is 23.7. The summed E-state index contributed by atoms with van der Waals surface area (Å²) >= 11 is 0. The Bertz CT molecular complexity index is 1300. The fourth-order valence-corrected chi connectivity index (χ4v) is 3.95. The summed E-state index contributed by atoms with van der Waals surface area (Å²) in [7, 11) is 0. The van der Waals surface area contributed by atoms with Crippen molar-refractivity contribution in [3.05, 3.63) is 53.8 Å². The largest absolute Gasteiger partial charge is 0.364 e. The van der Waals surface area contributed by atoms with E-state index in [1.807, 2.05) is 51.1 Å². The molecule has 4 aromatic rings. The number of aromatic amines is 1. The van der Waals surface area contributed by atoms with E-state index < -0.39 is 0 Å². The zero-order valence-electron chi connectivity index (χ0n) is 19.5. The van der Waals surface area contributed by atoms with E-state index in [0.717, 1.165) is 53.1 Å². The van der Waals surface area contributed by atoms with E-state index in [-0.39, 0.29) is 17.1 Å². The maximum Gasteiger partial charge on any atom is 0.292 e. The van der Waals surface area contributed by atoms with Gasteiger partial charge in [-0.3, -0.25) is 9.89 Å². The third-order valence-electron chi connectivity index (χ3n) is 5.85. The second-order valence-corrected chi connectivity index (χ2v) is 9.54. The van der Waals surface area contributed by atoms with Crippen LogP contribution in [0.25, 0.3) is 22.2 Å². The average molecular weight is 461 g/mol. The monoisotopic (exact) mass is 460 g/mol. The van der Waals surface area contributed by atoms with Crippen LogP contribution in [-0.4, -0.2) is 50.4 Å². The normalized spacial score (nSPS) is 16.1. The van der Waals surface area contributed by atoms with Crippen LogP contribution in [0, 0.1) is 0 Å². The molecule has 176 valence electrons.